The van der Waals surface area contributed by atoms with Crippen molar-refractivity contribution in [1.29, 1.82) is 0 Å². The molecule has 0 unspecified atom stereocenters. The number of nitrogens with one attached hydrogen (secondary N) is 1. The lowest BCUT2D eigenvalue weighted by atomic mass is 10.2. The Morgan fingerprint density at radius 1 is 1.21 bits per heavy atom. The highest BCUT2D eigenvalue weighted by Crippen LogP contribution is 2.34. The second-order valence-corrected chi connectivity index (χ2v) is 11.5. The number of fused-ring (bicyclic) bond motifs is 2. The molecule has 0 spiro atoms. The normalized spacial score (nSPS) is 17.9. The molecule has 1 fully saturated rings. The van der Waals surface area contributed by atoms with E-state index < -0.39 is 16.1 Å². The lowest BCUT2D eigenvalue weighted by Gasteiger charge is -2.39. The third-order valence-electron chi connectivity index (χ3n) is 5.72. The van der Waals surface area contributed by atoms with Gasteiger partial charge in [0.25, 0.3) is 10.0 Å². The van der Waals surface area contributed by atoms with E-state index in [9.17, 15) is 13.2 Å². The van der Waals surface area contributed by atoms with E-state index in [1.54, 1.807) is 41.6 Å². The van der Waals surface area contributed by atoms with Gasteiger partial charge in [0.2, 0.25) is 5.91 Å². The van der Waals surface area contributed by atoms with Crippen molar-refractivity contribution in [2.24, 2.45) is 0 Å². The summed E-state index contributed by atoms with van der Waals surface area (Å²) in [5, 5.41) is 2.30. The van der Waals surface area contributed by atoms with E-state index in [1.165, 1.54) is 11.4 Å². The lowest BCUT2D eigenvalue weighted by molar-refractivity contribution is -0.141. The number of halogens is 1. The van der Waals surface area contributed by atoms with Gasteiger partial charge in [-0.3, -0.25) is 9.78 Å². The number of pyridine rings is 1. The van der Waals surface area contributed by atoms with E-state index in [-0.39, 0.29) is 29.8 Å². The molecule has 8 nitrogen and oxygen atoms in total. The average molecular weight is 505 g/mol. The Morgan fingerprint density at radius 2 is 2.06 bits per heavy atom. The Hall–Kier alpha value is -2.50. The van der Waals surface area contributed by atoms with Crippen molar-refractivity contribution in [2.75, 3.05) is 26.8 Å². The Labute approximate surface area is 199 Å². The van der Waals surface area contributed by atoms with Crippen LogP contribution in [0, 0.1) is 0 Å². The molecular formula is C22H21ClN4O4S2. The molecule has 5 rings (SSSR count). The molecule has 4 aromatic rings. The highest BCUT2D eigenvalue weighted by atomic mass is 35.5. The first kappa shape index (κ1) is 22.3. The maximum Gasteiger partial charge on any atom is 0.253 e. The van der Waals surface area contributed by atoms with E-state index in [0.29, 0.717) is 11.6 Å². The zero-order chi connectivity index (χ0) is 23.2. The number of rotatable bonds is 6. The molecule has 4 heterocycles. The Morgan fingerprint density at radius 3 is 2.85 bits per heavy atom. The summed E-state index contributed by atoms with van der Waals surface area (Å²) in [6.07, 6.45) is 3.46. The summed E-state index contributed by atoms with van der Waals surface area (Å²) in [5.41, 5.74) is 1.80. The summed E-state index contributed by atoms with van der Waals surface area (Å²) in [7, 11) is -2.43. The molecule has 172 valence electrons. The summed E-state index contributed by atoms with van der Waals surface area (Å²) < 4.78 is 34.5. The largest absolute Gasteiger partial charge is 0.382 e. The lowest BCUT2D eigenvalue weighted by Crippen LogP contribution is -2.59. The van der Waals surface area contributed by atoms with Crippen LogP contribution in [0.1, 0.15) is 5.69 Å². The molecule has 0 aliphatic carbocycles. The van der Waals surface area contributed by atoms with E-state index in [2.05, 4.69) is 9.97 Å². The Balaban J connectivity index is 1.42. The number of aromatic amines is 1. The first-order valence-electron chi connectivity index (χ1n) is 10.3. The number of carbonyl (C=O) groups is 1. The van der Waals surface area contributed by atoms with Gasteiger partial charge in [0.1, 0.15) is 10.3 Å². The third-order valence-corrected chi connectivity index (χ3v) is 9.41. The Bertz CT molecular complexity index is 1420. The smallest absolute Gasteiger partial charge is 0.253 e. The summed E-state index contributed by atoms with van der Waals surface area (Å²) in [6.45, 7) is 0.784. The predicted molar refractivity (Wildman–Crippen MR) is 128 cm³/mol. The van der Waals surface area contributed by atoms with Crippen LogP contribution in [0.4, 0.5) is 0 Å². The SMILES string of the molecule is COC[C@H]1C(=O)N(Cc2cc3cnccc3[nH]2)CCN1S(=O)(=O)c1cc2ccc(Cl)cc2s1. The van der Waals surface area contributed by atoms with Crippen LogP contribution in [-0.4, -0.2) is 66.3 Å². The molecular weight excluding hydrogens is 484 g/mol. The average Bonchev–Trinajstić information content (AvgIpc) is 3.40. The predicted octanol–water partition coefficient (Wildman–Crippen LogP) is 3.48. The van der Waals surface area contributed by atoms with Gasteiger partial charge in [-0.15, -0.1) is 11.3 Å². The number of hydrogen-bond donors (Lipinski definition) is 1. The minimum Gasteiger partial charge on any atom is -0.382 e. The highest BCUT2D eigenvalue weighted by molar-refractivity contribution is 7.91. The monoisotopic (exact) mass is 504 g/mol. The first-order valence-corrected chi connectivity index (χ1v) is 12.9. The minimum absolute atomic E-state index is 0.0259. The van der Waals surface area contributed by atoms with Crippen molar-refractivity contribution in [3.63, 3.8) is 0 Å². The van der Waals surface area contributed by atoms with Crippen molar-refractivity contribution in [3.8, 4) is 0 Å². The zero-order valence-electron chi connectivity index (χ0n) is 17.7. The van der Waals surface area contributed by atoms with Gasteiger partial charge in [-0.2, -0.15) is 4.31 Å². The fourth-order valence-electron chi connectivity index (χ4n) is 4.12. The molecule has 1 aliphatic heterocycles. The van der Waals surface area contributed by atoms with Gasteiger partial charge in [0.15, 0.2) is 0 Å². The fourth-order valence-corrected chi connectivity index (χ4v) is 7.49. The second-order valence-electron chi connectivity index (χ2n) is 7.85. The molecule has 3 aromatic heterocycles. The summed E-state index contributed by atoms with van der Waals surface area (Å²) in [4.78, 5) is 22.4. The van der Waals surface area contributed by atoms with E-state index in [4.69, 9.17) is 16.3 Å². The number of methoxy groups -OCH3 is 1. The van der Waals surface area contributed by atoms with Crippen LogP contribution in [0.25, 0.3) is 21.0 Å². The number of hydrogen-bond acceptors (Lipinski definition) is 6. The summed E-state index contributed by atoms with van der Waals surface area (Å²) in [5.74, 6) is -0.285. The number of ether oxygens (including phenoxy) is 1. The zero-order valence-corrected chi connectivity index (χ0v) is 20.1. The van der Waals surface area contributed by atoms with Crippen LogP contribution in [0.15, 0.2) is 53.0 Å². The van der Waals surface area contributed by atoms with Crippen molar-refractivity contribution in [2.45, 2.75) is 16.8 Å². The van der Waals surface area contributed by atoms with Crippen molar-refractivity contribution in [1.82, 2.24) is 19.2 Å². The second kappa shape index (κ2) is 8.69. The van der Waals surface area contributed by atoms with Crippen molar-refractivity contribution < 1.29 is 17.9 Å². The molecule has 1 N–H and O–H groups in total. The van der Waals surface area contributed by atoms with Gasteiger partial charge in [-0.05, 0) is 35.7 Å². The number of benzene rings is 1. The number of H-pyrrole nitrogens is 1. The molecule has 1 amide bonds. The number of thiophene rings is 1. The van der Waals surface area contributed by atoms with Gasteiger partial charge in [0, 0.05) is 58.9 Å². The molecule has 1 aliphatic rings. The molecule has 33 heavy (non-hydrogen) atoms. The number of nitrogens with zero attached hydrogens (tertiary/aromatic N) is 3. The maximum absolute atomic E-state index is 13.5. The molecule has 1 saturated heterocycles. The standard InChI is InChI=1S/C22H21ClN4O4S2/c1-31-13-19-22(28)26(12-17-8-15-11-24-5-4-18(15)25-17)6-7-27(19)33(29,30)21-9-14-2-3-16(23)10-20(14)32-21/h2-5,8-11,19,25H,6-7,12-13H2,1H3/t19-/m0/s1. The van der Waals surface area contributed by atoms with Crippen molar-refractivity contribution >= 4 is 59.9 Å². The van der Waals surface area contributed by atoms with E-state index >= 15 is 0 Å². The third kappa shape index (κ3) is 4.13. The van der Waals surface area contributed by atoms with Crippen LogP contribution < -0.4 is 0 Å². The maximum atomic E-state index is 13.5. The van der Waals surface area contributed by atoms with Crippen LogP contribution in [0.5, 0.6) is 0 Å². The van der Waals surface area contributed by atoms with Crippen molar-refractivity contribution in [3.05, 3.63) is 59.5 Å². The Kier molecular flexibility index (Phi) is 5.87. The number of amides is 1. The first-order chi connectivity index (χ1) is 15.9. The minimum atomic E-state index is -3.89. The number of aromatic nitrogens is 2. The fraction of sp³-hybridized carbons (Fsp3) is 0.273. The van der Waals surface area contributed by atoms with Crippen LogP contribution >= 0.6 is 22.9 Å². The number of sulfonamides is 1. The highest BCUT2D eigenvalue weighted by Gasteiger charge is 2.42. The van der Waals surface area contributed by atoms with E-state index in [1.807, 2.05) is 12.1 Å². The quantitative estimate of drug-likeness (QED) is 0.433. The molecule has 0 radical (unpaired) electrons. The molecule has 1 atom stereocenters. The van der Waals surface area contributed by atoms with Gasteiger partial charge in [0.05, 0.1) is 13.2 Å². The molecule has 1 aromatic carbocycles. The molecule has 0 saturated carbocycles. The van der Waals surface area contributed by atoms with Gasteiger partial charge >= 0.3 is 0 Å². The summed E-state index contributed by atoms with van der Waals surface area (Å²) >= 11 is 7.21. The van der Waals surface area contributed by atoms with E-state index in [0.717, 1.165) is 38.0 Å². The van der Waals surface area contributed by atoms with Gasteiger partial charge in [-0.25, -0.2) is 8.42 Å². The van der Waals surface area contributed by atoms with Crippen LogP contribution in [-0.2, 0) is 26.1 Å². The molecule has 0 bridgehead atoms. The molecule has 11 heteroatoms. The van der Waals surface area contributed by atoms with Gasteiger partial charge < -0.3 is 14.6 Å². The summed E-state index contributed by atoms with van der Waals surface area (Å²) in [6, 6.07) is 9.77. The van der Waals surface area contributed by atoms with Gasteiger partial charge in [-0.1, -0.05) is 17.7 Å². The topological polar surface area (TPSA) is 95.6 Å². The number of carbonyl (C=O) groups excluding carboxylic acids is 1. The van der Waals surface area contributed by atoms with Crippen LogP contribution in [0.2, 0.25) is 5.02 Å². The number of piperazine rings is 1. The van der Waals surface area contributed by atoms with Crippen LogP contribution in [0.3, 0.4) is 0 Å².